The minimum Gasteiger partial charge on any atom is -0.351 e. The zero-order valence-electron chi connectivity index (χ0n) is 6.80. The summed E-state index contributed by atoms with van der Waals surface area (Å²) in [6.07, 6.45) is 1.79. The molecule has 0 bridgehead atoms. The van der Waals surface area contributed by atoms with Gasteiger partial charge in [-0.25, -0.2) is 4.79 Å². The Kier molecular flexibility index (Phi) is 3.04. The Balaban J connectivity index is 2.34. The van der Waals surface area contributed by atoms with Gasteiger partial charge in [0.25, 0.3) is 0 Å². The molecule has 0 aromatic heterocycles. The van der Waals surface area contributed by atoms with Crippen LogP contribution in [0.25, 0.3) is 0 Å². The second kappa shape index (κ2) is 4.06. The van der Waals surface area contributed by atoms with Gasteiger partial charge in [-0.2, -0.15) is 0 Å². The first kappa shape index (κ1) is 8.99. The molecule has 0 aromatic rings. The lowest BCUT2D eigenvalue weighted by atomic mass is 9.99. The Labute approximate surface area is 70.7 Å². The second-order valence-corrected chi connectivity index (χ2v) is 2.90. The van der Waals surface area contributed by atoms with Gasteiger partial charge in [-0.15, -0.1) is 0 Å². The summed E-state index contributed by atoms with van der Waals surface area (Å²) in [5, 5.41) is 5.15. The molecule has 0 aliphatic carbocycles. The number of imide groups is 1. The fourth-order valence-electron chi connectivity index (χ4n) is 1.30. The Hall–Kier alpha value is -1.10. The van der Waals surface area contributed by atoms with Crippen LogP contribution in [0.2, 0.25) is 0 Å². The molecule has 1 aliphatic rings. The highest BCUT2D eigenvalue weighted by Crippen LogP contribution is 2.09. The molecule has 1 saturated heterocycles. The first-order valence-corrected chi connectivity index (χ1v) is 4.01. The standard InChI is InChI=1S/C7H13N3O2/c8-7(12)10-6(11)5-2-1-3-9-4-5/h5,9H,1-4H2,(H3,8,10,11,12). The third-order valence-corrected chi connectivity index (χ3v) is 1.91. The molecule has 5 nitrogen and oxygen atoms in total. The third-order valence-electron chi connectivity index (χ3n) is 1.91. The van der Waals surface area contributed by atoms with E-state index in [0.29, 0.717) is 6.54 Å². The van der Waals surface area contributed by atoms with Crippen LogP contribution in [-0.2, 0) is 4.79 Å². The molecule has 4 N–H and O–H groups in total. The van der Waals surface area contributed by atoms with Crippen molar-refractivity contribution in [1.82, 2.24) is 10.6 Å². The van der Waals surface area contributed by atoms with E-state index >= 15 is 0 Å². The largest absolute Gasteiger partial charge is 0.351 e. The first-order chi connectivity index (χ1) is 5.70. The Morgan fingerprint density at radius 2 is 2.25 bits per heavy atom. The topological polar surface area (TPSA) is 84.2 Å². The molecule has 1 heterocycles. The molecule has 5 heteroatoms. The number of nitrogens with two attached hydrogens (primary N) is 1. The van der Waals surface area contributed by atoms with Crippen molar-refractivity contribution in [3.05, 3.63) is 0 Å². The van der Waals surface area contributed by atoms with Gasteiger partial charge in [0.2, 0.25) is 5.91 Å². The van der Waals surface area contributed by atoms with E-state index in [2.05, 4.69) is 10.6 Å². The van der Waals surface area contributed by atoms with Gasteiger partial charge < -0.3 is 11.1 Å². The van der Waals surface area contributed by atoms with Crippen LogP contribution in [0.4, 0.5) is 4.79 Å². The number of rotatable bonds is 1. The van der Waals surface area contributed by atoms with Crippen molar-refractivity contribution in [3.63, 3.8) is 0 Å². The summed E-state index contributed by atoms with van der Waals surface area (Å²) in [5.41, 5.74) is 4.81. The molecule has 0 spiro atoms. The van der Waals surface area contributed by atoms with E-state index in [1.54, 1.807) is 0 Å². The van der Waals surface area contributed by atoms with Gasteiger partial charge in [0.05, 0.1) is 5.92 Å². The van der Waals surface area contributed by atoms with Crippen molar-refractivity contribution in [2.24, 2.45) is 11.7 Å². The summed E-state index contributed by atoms with van der Waals surface area (Å²) >= 11 is 0. The van der Waals surface area contributed by atoms with E-state index in [0.717, 1.165) is 19.4 Å². The minimum absolute atomic E-state index is 0.105. The van der Waals surface area contributed by atoms with Crippen LogP contribution in [-0.4, -0.2) is 25.0 Å². The number of primary amides is 1. The molecule has 1 rings (SSSR count). The highest BCUT2D eigenvalue weighted by molar-refractivity contribution is 5.94. The van der Waals surface area contributed by atoms with Crippen LogP contribution >= 0.6 is 0 Å². The van der Waals surface area contributed by atoms with Crippen molar-refractivity contribution in [2.75, 3.05) is 13.1 Å². The highest BCUT2D eigenvalue weighted by Gasteiger charge is 2.21. The second-order valence-electron chi connectivity index (χ2n) is 2.90. The van der Waals surface area contributed by atoms with Crippen molar-refractivity contribution in [1.29, 1.82) is 0 Å². The average Bonchev–Trinajstić information content (AvgIpc) is 2.05. The smallest absolute Gasteiger partial charge is 0.318 e. The van der Waals surface area contributed by atoms with E-state index in [1.807, 2.05) is 0 Å². The zero-order chi connectivity index (χ0) is 8.97. The molecule has 12 heavy (non-hydrogen) atoms. The molecular weight excluding hydrogens is 158 g/mol. The fraction of sp³-hybridized carbons (Fsp3) is 0.714. The number of hydrogen-bond acceptors (Lipinski definition) is 3. The molecule has 0 saturated carbocycles. The van der Waals surface area contributed by atoms with Crippen LogP contribution in [0.5, 0.6) is 0 Å². The average molecular weight is 171 g/mol. The Morgan fingerprint density at radius 3 is 2.75 bits per heavy atom. The normalized spacial score (nSPS) is 23.2. The maximum atomic E-state index is 11.2. The highest BCUT2D eigenvalue weighted by atomic mass is 16.2. The number of urea groups is 1. The van der Waals surface area contributed by atoms with Gasteiger partial charge in [-0.3, -0.25) is 10.1 Å². The van der Waals surface area contributed by atoms with Crippen LogP contribution in [0, 0.1) is 5.92 Å². The van der Waals surface area contributed by atoms with E-state index in [4.69, 9.17) is 5.73 Å². The zero-order valence-corrected chi connectivity index (χ0v) is 6.80. The molecule has 3 amide bonds. The summed E-state index contributed by atoms with van der Waals surface area (Å²) in [6.45, 7) is 1.58. The third kappa shape index (κ3) is 2.50. The summed E-state index contributed by atoms with van der Waals surface area (Å²) in [7, 11) is 0. The molecule has 1 fully saturated rings. The van der Waals surface area contributed by atoms with Gasteiger partial charge in [0, 0.05) is 6.54 Å². The van der Waals surface area contributed by atoms with Crippen LogP contribution in [0.1, 0.15) is 12.8 Å². The van der Waals surface area contributed by atoms with Crippen LogP contribution in [0.15, 0.2) is 0 Å². The van der Waals surface area contributed by atoms with Gasteiger partial charge in [0.15, 0.2) is 0 Å². The van der Waals surface area contributed by atoms with Gasteiger partial charge in [-0.1, -0.05) is 0 Å². The predicted octanol–water partition coefficient (Wildman–Crippen LogP) is -0.819. The molecule has 1 unspecified atom stereocenters. The maximum absolute atomic E-state index is 11.2. The lowest BCUT2D eigenvalue weighted by molar-refractivity contribution is -0.124. The van der Waals surface area contributed by atoms with Crippen molar-refractivity contribution >= 4 is 11.9 Å². The maximum Gasteiger partial charge on any atom is 0.318 e. The minimum atomic E-state index is -0.773. The summed E-state index contributed by atoms with van der Waals surface area (Å²) in [5.74, 6) is -0.374. The predicted molar refractivity (Wildman–Crippen MR) is 43.3 cm³/mol. The molecule has 0 radical (unpaired) electrons. The number of amides is 3. The SMILES string of the molecule is NC(=O)NC(=O)C1CCCNC1. The molecule has 1 aliphatic heterocycles. The van der Waals surface area contributed by atoms with Crippen molar-refractivity contribution < 1.29 is 9.59 Å². The summed E-state index contributed by atoms with van der Waals surface area (Å²) < 4.78 is 0. The number of carbonyl (C=O) groups is 2. The van der Waals surface area contributed by atoms with Crippen molar-refractivity contribution in [3.8, 4) is 0 Å². The number of nitrogens with one attached hydrogen (secondary N) is 2. The quantitative estimate of drug-likeness (QED) is 0.482. The van der Waals surface area contributed by atoms with E-state index < -0.39 is 6.03 Å². The summed E-state index contributed by atoms with van der Waals surface area (Å²) in [4.78, 5) is 21.5. The monoisotopic (exact) mass is 171 g/mol. The summed E-state index contributed by atoms with van der Waals surface area (Å²) in [6, 6.07) is -0.773. The number of carbonyl (C=O) groups excluding carboxylic acids is 2. The molecule has 1 atom stereocenters. The molecular formula is C7H13N3O2. The number of hydrogen-bond donors (Lipinski definition) is 3. The lowest BCUT2D eigenvalue weighted by Crippen LogP contribution is -2.44. The Bertz CT molecular complexity index is 187. The molecule has 0 aromatic carbocycles. The first-order valence-electron chi connectivity index (χ1n) is 4.01. The van der Waals surface area contributed by atoms with Crippen molar-refractivity contribution in [2.45, 2.75) is 12.8 Å². The molecule has 68 valence electrons. The van der Waals surface area contributed by atoms with Gasteiger partial charge in [-0.05, 0) is 19.4 Å². The van der Waals surface area contributed by atoms with E-state index in [-0.39, 0.29) is 11.8 Å². The van der Waals surface area contributed by atoms with Crippen LogP contribution in [0.3, 0.4) is 0 Å². The van der Waals surface area contributed by atoms with Crippen LogP contribution < -0.4 is 16.4 Å². The Morgan fingerprint density at radius 1 is 1.50 bits per heavy atom. The van der Waals surface area contributed by atoms with Gasteiger partial charge in [0.1, 0.15) is 0 Å². The van der Waals surface area contributed by atoms with E-state index in [1.165, 1.54) is 0 Å². The number of piperidine rings is 1. The fourth-order valence-corrected chi connectivity index (χ4v) is 1.30. The van der Waals surface area contributed by atoms with E-state index in [9.17, 15) is 9.59 Å². The lowest BCUT2D eigenvalue weighted by Gasteiger charge is -2.20. The van der Waals surface area contributed by atoms with Gasteiger partial charge >= 0.3 is 6.03 Å².